The van der Waals surface area contributed by atoms with Crippen LogP contribution in [0.25, 0.3) is 0 Å². The molecule has 1 amide bonds. The molecule has 6 heteroatoms. The summed E-state index contributed by atoms with van der Waals surface area (Å²) in [7, 11) is 0. The number of nitrogens with one attached hydrogen (secondary N) is 1. The molecule has 2 N–H and O–H groups in total. The van der Waals surface area contributed by atoms with Crippen molar-refractivity contribution in [1.29, 1.82) is 0 Å². The molecule has 1 aromatic rings. The first-order chi connectivity index (χ1) is 7.44. The van der Waals surface area contributed by atoms with Crippen LogP contribution in [0.4, 0.5) is 0 Å². The molecule has 86 valence electrons. The van der Waals surface area contributed by atoms with Gasteiger partial charge in [0.25, 0.3) is 5.91 Å². The summed E-state index contributed by atoms with van der Waals surface area (Å²) in [4.78, 5) is 22.6. The predicted molar refractivity (Wildman–Crippen MR) is 58.2 cm³/mol. The van der Waals surface area contributed by atoms with Gasteiger partial charge in [0, 0.05) is 5.56 Å². The van der Waals surface area contributed by atoms with Crippen molar-refractivity contribution in [1.82, 2.24) is 5.32 Å². The molecule has 0 saturated heterocycles. The highest BCUT2D eigenvalue weighted by atomic mass is 79.9. The van der Waals surface area contributed by atoms with Gasteiger partial charge in [0.15, 0.2) is 10.4 Å². The van der Waals surface area contributed by atoms with E-state index in [1.165, 1.54) is 0 Å². The van der Waals surface area contributed by atoms with Gasteiger partial charge in [0.05, 0.1) is 0 Å². The second-order valence-corrected chi connectivity index (χ2v) is 4.69. The quantitative estimate of drug-likeness (QED) is 0.887. The highest BCUT2D eigenvalue weighted by molar-refractivity contribution is 9.10. The van der Waals surface area contributed by atoms with Crippen LogP contribution in [0, 0.1) is 6.92 Å². The second kappa shape index (κ2) is 3.62. The van der Waals surface area contributed by atoms with Crippen LogP contribution in [0.5, 0.6) is 0 Å². The first-order valence-corrected chi connectivity index (χ1v) is 5.56. The summed E-state index contributed by atoms with van der Waals surface area (Å²) in [5.74, 6) is -1.33. The minimum absolute atomic E-state index is 0.152. The van der Waals surface area contributed by atoms with Crippen LogP contribution in [0.15, 0.2) is 15.2 Å². The van der Waals surface area contributed by atoms with Gasteiger partial charge in [-0.15, -0.1) is 0 Å². The molecule has 2 rings (SSSR count). The maximum atomic E-state index is 11.7. The lowest BCUT2D eigenvalue weighted by Gasteiger charge is -2.11. The number of hydrogen-bond donors (Lipinski definition) is 2. The largest absolute Gasteiger partial charge is 0.480 e. The van der Waals surface area contributed by atoms with E-state index < -0.39 is 17.4 Å². The summed E-state index contributed by atoms with van der Waals surface area (Å²) in [6.45, 7) is 1.73. The monoisotopic (exact) mass is 287 g/mol. The molecule has 0 bridgehead atoms. The Morgan fingerprint density at radius 2 is 2.19 bits per heavy atom. The molecule has 1 aliphatic carbocycles. The molecular formula is C10H10BrNO4. The van der Waals surface area contributed by atoms with Crippen molar-refractivity contribution in [3.8, 4) is 0 Å². The average Bonchev–Trinajstić information content (AvgIpc) is 2.87. The van der Waals surface area contributed by atoms with Gasteiger partial charge in [-0.25, -0.2) is 4.79 Å². The van der Waals surface area contributed by atoms with Gasteiger partial charge < -0.3 is 14.8 Å². The number of hydrogen-bond acceptors (Lipinski definition) is 3. The fourth-order valence-corrected chi connectivity index (χ4v) is 1.97. The molecule has 0 unspecified atom stereocenters. The number of amides is 1. The Hall–Kier alpha value is -1.30. The number of furan rings is 1. The van der Waals surface area contributed by atoms with Crippen LogP contribution in [0.2, 0.25) is 0 Å². The molecule has 0 spiro atoms. The molecule has 0 aromatic carbocycles. The molecule has 1 aliphatic rings. The van der Waals surface area contributed by atoms with Crippen LogP contribution in [-0.2, 0) is 4.79 Å². The first kappa shape index (κ1) is 11.2. The number of carbonyl (C=O) groups excluding carboxylic acids is 1. The molecular weight excluding hydrogens is 278 g/mol. The number of aryl methyl sites for hydroxylation is 1. The van der Waals surface area contributed by atoms with Gasteiger partial charge in [0.1, 0.15) is 5.54 Å². The molecule has 16 heavy (non-hydrogen) atoms. The Balaban J connectivity index is 2.15. The number of carboxylic acid groups (broad SMARTS) is 1. The Bertz CT molecular complexity index is 461. The van der Waals surface area contributed by atoms with E-state index in [1.807, 2.05) is 0 Å². The van der Waals surface area contributed by atoms with Gasteiger partial charge in [-0.3, -0.25) is 4.79 Å². The molecule has 1 heterocycles. The van der Waals surface area contributed by atoms with Crippen molar-refractivity contribution in [2.24, 2.45) is 0 Å². The number of aliphatic carboxylic acids is 1. The zero-order valence-corrected chi connectivity index (χ0v) is 10.1. The SMILES string of the molecule is Cc1cc(Br)oc1C(=O)NC1(C(=O)O)CC1. The van der Waals surface area contributed by atoms with Crippen molar-refractivity contribution in [2.45, 2.75) is 25.3 Å². The second-order valence-electron chi connectivity index (χ2n) is 3.90. The highest BCUT2D eigenvalue weighted by Crippen LogP contribution is 2.36. The Labute approximate surface area is 99.9 Å². The lowest BCUT2D eigenvalue weighted by molar-refractivity contribution is -0.140. The topological polar surface area (TPSA) is 79.5 Å². The average molecular weight is 288 g/mol. The van der Waals surface area contributed by atoms with Crippen LogP contribution in [0.3, 0.4) is 0 Å². The lowest BCUT2D eigenvalue weighted by Crippen LogP contribution is -2.43. The third kappa shape index (κ3) is 1.84. The molecule has 0 atom stereocenters. The predicted octanol–water partition coefficient (Wildman–Crippen LogP) is 1.70. The van der Waals surface area contributed by atoms with Gasteiger partial charge in [0.2, 0.25) is 0 Å². The first-order valence-electron chi connectivity index (χ1n) is 4.76. The zero-order chi connectivity index (χ0) is 11.9. The summed E-state index contributed by atoms with van der Waals surface area (Å²) in [6, 6.07) is 1.66. The summed E-state index contributed by atoms with van der Waals surface area (Å²) in [5, 5.41) is 11.4. The lowest BCUT2D eigenvalue weighted by atomic mass is 10.2. The number of rotatable bonds is 3. The molecule has 1 fully saturated rings. The minimum Gasteiger partial charge on any atom is -0.480 e. The zero-order valence-electron chi connectivity index (χ0n) is 8.54. The van der Waals surface area contributed by atoms with Crippen LogP contribution in [0.1, 0.15) is 29.0 Å². The number of carboxylic acids is 1. The standard InChI is InChI=1S/C10H10BrNO4/c1-5-4-6(11)16-7(5)8(13)12-10(2-3-10)9(14)15/h4H,2-3H2,1H3,(H,12,13)(H,14,15). The van der Waals surface area contributed by atoms with Gasteiger partial charge >= 0.3 is 5.97 Å². The number of halogens is 1. The smallest absolute Gasteiger partial charge is 0.329 e. The van der Waals surface area contributed by atoms with Crippen molar-refractivity contribution in [3.05, 3.63) is 22.1 Å². The van der Waals surface area contributed by atoms with E-state index in [0.717, 1.165) is 0 Å². The van der Waals surface area contributed by atoms with Gasteiger partial charge in [-0.1, -0.05) is 0 Å². The van der Waals surface area contributed by atoms with Crippen molar-refractivity contribution in [3.63, 3.8) is 0 Å². The van der Waals surface area contributed by atoms with E-state index in [0.29, 0.717) is 23.1 Å². The molecule has 0 aliphatic heterocycles. The molecule has 5 nitrogen and oxygen atoms in total. The Kier molecular flexibility index (Phi) is 2.53. The van der Waals surface area contributed by atoms with Crippen LogP contribution < -0.4 is 5.32 Å². The summed E-state index contributed by atoms with van der Waals surface area (Å²) >= 11 is 3.11. The van der Waals surface area contributed by atoms with Gasteiger partial charge in [-0.05, 0) is 41.8 Å². The number of carbonyl (C=O) groups is 2. The van der Waals surface area contributed by atoms with Crippen molar-refractivity contribution in [2.75, 3.05) is 0 Å². The fourth-order valence-electron chi connectivity index (χ4n) is 1.46. The maximum Gasteiger partial charge on any atom is 0.329 e. The van der Waals surface area contributed by atoms with Gasteiger partial charge in [-0.2, -0.15) is 0 Å². The van der Waals surface area contributed by atoms with E-state index in [-0.39, 0.29) is 5.76 Å². The summed E-state index contributed by atoms with van der Waals surface area (Å²) in [5.41, 5.74) is -0.409. The Morgan fingerprint density at radius 3 is 2.56 bits per heavy atom. The van der Waals surface area contributed by atoms with Crippen molar-refractivity contribution < 1.29 is 19.1 Å². The fraction of sp³-hybridized carbons (Fsp3) is 0.400. The minimum atomic E-state index is -1.08. The van der Waals surface area contributed by atoms with Crippen LogP contribution in [-0.4, -0.2) is 22.5 Å². The molecule has 0 radical (unpaired) electrons. The third-order valence-corrected chi connectivity index (χ3v) is 3.00. The molecule has 1 aromatic heterocycles. The van der Waals surface area contributed by atoms with E-state index >= 15 is 0 Å². The van der Waals surface area contributed by atoms with E-state index in [1.54, 1.807) is 13.0 Å². The third-order valence-electron chi connectivity index (χ3n) is 2.61. The maximum absolute atomic E-state index is 11.7. The van der Waals surface area contributed by atoms with Crippen LogP contribution >= 0.6 is 15.9 Å². The van der Waals surface area contributed by atoms with E-state index in [4.69, 9.17) is 9.52 Å². The summed E-state index contributed by atoms with van der Waals surface area (Å²) < 4.78 is 5.60. The summed E-state index contributed by atoms with van der Waals surface area (Å²) in [6.07, 6.45) is 0.935. The normalized spacial score (nSPS) is 16.9. The molecule has 1 saturated carbocycles. The van der Waals surface area contributed by atoms with E-state index in [9.17, 15) is 9.59 Å². The Morgan fingerprint density at radius 1 is 1.56 bits per heavy atom. The highest BCUT2D eigenvalue weighted by Gasteiger charge is 2.52. The van der Waals surface area contributed by atoms with E-state index in [2.05, 4.69) is 21.2 Å². The van der Waals surface area contributed by atoms with Crippen molar-refractivity contribution >= 4 is 27.8 Å².